The summed E-state index contributed by atoms with van der Waals surface area (Å²) in [5, 5.41) is 0. The lowest BCUT2D eigenvalue weighted by Crippen LogP contribution is -2.01. The van der Waals surface area contributed by atoms with Crippen molar-refractivity contribution >= 4 is 0 Å². The Kier molecular flexibility index (Phi) is 9.34. The third kappa shape index (κ3) is 8.39. The summed E-state index contributed by atoms with van der Waals surface area (Å²) in [4.78, 5) is 0. The second-order valence-electron chi connectivity index (χ2n) is 4.80. The molecule has 2 heteroatoms. The normalized spacial score (nSPS) is 17.2. The molecule has 0 spiro atoms. The van der Waals surface area contributed by atoms with E-state index in [1.165, 1.54) is 51.4 Å². The molecule has 0 N–H and O–H groups in total. The minimum absolute atomic E-state index is 0.0657. The Morgan fingerprint density at radius 1 is 0.882 bits per heavy atom. The molecule has 0 unspecified atom stereocenters. The van der Waals surface area contributed by atoms with Crippen LogP contribution in [0.25, 0.3) is 0 Å². The van der Waals surface area contributed by atoms with Crippen LogP contribution in [0.1, 0.15) is 64.7 Å². The van der Waals surface area contributed by atoms with Gasteiger partial charge in [-0.15, -0.1) is 0 Å². The minimum Gasteiger partial charge on any atom is -0.347 e. The molecule has 1 aliphatic heterocycles. The molecule has 0 radical (unpaired) electrons. The Bertz CT molecular complexity index is 183. The standard InChI is InChI=1S/C15H28O2/c1-2-3-4-5-6-7-8-9-10-11-12-15-16-13-14-17-15/h11-12,15H,2-10,13-14H2,1H3/b12-11-. The Hall–Kier alpha value is -0.340. The maximum atomic E-state index is 5.33. The van der Waals surface area contributed by atoms with E-state index in [1.54, 1.807) is 0 Å². The highest BCUT2D eigenvalue weighted by atomic mass is 16.7. The fraction of sp³-hybridized carbons (Fsp3) is 0.867. The lowest BCUT2D eigenvalue weighted by molar-refractivity contribution is -0.00173. The van der Waals surface area contributed by atoms with Gasteiger partial charge < -0.3 is 9.47 Å². The minimum atomic E-state index is -0.0657. The molecule has 0 aromatic carbocycles. The molecule has 1 rings (SSSR count). The first kappa shape index (κ1) is 14.7. The summed E-state index contributed by atoms with van der Waals surface area (Å²) < 4.78 is 10.7. The molecule has 2 nitrogen and oxygen atoms in total. The third-order valence-electron chi connectivity index (χ3n) is 3.17. The summed E-state index contributed by atoms with van der Waals surface area (Å²) in [6, 6.07) is 0. The van der Waals surface area contributed by atoms with Gasteiger partial charge in [0, 0.05) is 0 Å². The van der Waals surface area contributed by atoms with Gasteiger partial charge in [0.15, 0.2) is 6.29 Å². The highest BCUT2D eigenvalue weighted by molar-refractivity contribution is 4.86. The topological polar surface area (TPSA) is 18.5 Å². The Balaban J connectivity index is 1.77. The smallest absolute Gasteiger partial charge is 0.177 e. The van der Waals surface area contributed by atoms with E-state index in [1.807, 2.05) is 6.08 Å². The van der Waals surface area contributed by atoms with Crippen molar-refractivity contribution in [2.24, 2.45) is 0 Å². The maximum absolute atomic E-state index is 5.33. The van der Waals surface area contributed by atoms with Crippen LogP contribution in [0, 0.1) is 0 Å². The zero-order valence-electron chi connectivity index (χ0n) is 11.3. The molecule has 0 saturated carbocycles. The summed E-state index contributed by atoms with van der Waals surface area (Å²) in [6.45, 7) is 3.75. The van der Waals surface area contributed by atoms with Crippen molar-refractivity contribution in [1.29, 1.82) is 0 Å². The van der Waals surface area contributed by atoms with E-state index in [2.05, 4.69) is 13.0 Å². The number of ether oxygens (including phenoxy) is 2. The van der Waals surface area contributed by atoms with E-state index in [-0.39, 0.29) is 6.29 Å². The van der Waals surface area contributed by atoms with Crippen LogP contribution in [0.5, 0.6) is 0 Å². The lowest BCUT2D eigenvalue weighted by Gasteiger charge is -2.02. The first-order valence-corrected chi connectivity index (χ1v) is 7.33. The predicted molar refractivity (Wildman–Crippen MR) is 72.1 cm³/mol. The monoisotopic (exact) mass is 240 g/mol. The largest absolute Gasteiger partial charge is 0.347 e. The molecule has 1 aliphatic rings. The Labute approximate surface area is 106 Å². The fourth-order valence-corrected chi connectivity index (χ4v) is 2.09. The van der Waals surface area contributed by atoms with Crippen LogP contribution in [0.3, 0.4) is 0 Å². The zero-order valence-corrected chi connectivity index (χ0v) is 11.3. The van der Waals surface area contributed by atoms with Gasteiger partial charge >= 0.3 is 0 Å². The van der Waals surface area contributed by atoms with Crippen molar-refractivity contribution < 1.29 is 9.47 Å². The Morgan fingerprint density at radius 3 is 2.12 bits per heavy atom. The van der Waals surface area contributed by atoms with Gasteiger partial charge in [0.25, 0.3) is 0 Å². The number of unbranched alkanes of at least 4 members (excludes halogenated alkanes) is 8. The first-order chi connectivity index (χ1) is 8.43. The van der Waals surface area contributed by atoms with Crippen LogP contribution in [0.15, 0.2) is 12.2 Å². The second-order valence-corrected chi connectivity index (χ2v) is 4.80. The van der Waals surface area contributed by atoms with E-state index in [0.29, 0.717) is 0 Å². The molecule has 17 heavy (non-hydrogen) atoms. The first-order valence-electron chi connectivity index (χ1n) is 7.33. The average molecular weight is 240 g/mol. The number of allylic oxidation sites excluding steroid dienone is 1. The van der Waals surface area contributed by atoms with Gasteiger partial charge in [-0.25, -0.2) is 0 Å². The predicted octanol–water partition coefficient (Wildman–Crippen LogP) is 4.45. The molecule has 0 aromatic rings. The molecule has 1 heterocycles. The lowest BCUT2D eigenvalue weighted by atomic mass is 10.1. The van der Waals surface area contributed by atoms with Gasteiger partial charge in [-0.2, -0.15) is 0 Å². The SMILES string of the molecule is CCCCCCCCCC/C=C\C1OCCO1. The Morgan fingerprint density at radius 2 is 1.47 bits per heavy atom. The number of hydrogen-bond acceptors (Lipinski definition) is 2. The van der Waals surface area contributed by atoms with Crippen LogP contribution in [-0.2, 0) is 9.47 Å². The maximum Gasteiger partial charge on any atom is 0.177 e. The molecule has 100 valence electrons. The molecular weight excluding hydrogens is 212 g/mol. The molecular formula is C15H28O2. The summed E-state index contributed by atoms with van der Waals surface area (Å²) in [7, 11) is 0. The molecule has 0 bridgehead atoms. The fourth-order valence-electron chi connectivity index (χ4n) is 2.09. The van der Waals surface area contributed by atoms with Gasteiger partial charge in [-0.3, -0.25) is 0 Å². The summed E-state index contributed by atoms with van der Waals surface area (Å²) in [5.74, 6) is 0. The second kappa shape index (κ2) is 10.8. The van der Waals surface area contributed by atoms with Crippen LogP contribution in [0.4, 0.5) is 0 Å². The third-order valence-corrected chi connectivity index (χ3v) is 3.17. The summed E-state index contributed by atoms with van der Waals surface area (Å²) in [5.41, 5.74) is 0. The van der Waals surface area contributed by atoms with E-state index >= 15 is 0 Å². The van der Waals surface area contributed by atoms with Crippen molar-refractivity contribution in [1.82, 2.24) is 0 Å². The van der Waals surface area contributed by atoms with Crippen LogP contribution >= 0.6 is 0 Å². The summed E-state index contributed by atoms with van der Waals surface area (Å²) in [6.07, 6.45) is 16.4. The van der Waals surface area contributed by atoms with Gasteiger partial charge in [-0.1, -0.05) is 57.9 Å². The van der Waals surface area contributed by atoms with Gasteiger partial charge in [0.2, 0.25) is 0 Å². The van der Waals surface area contributed by atoms with Crippen LogP contribution in [0.2, 0.25) is 0 Å². The van der Waals surface area contributed by atoms with Crippen molar-refractivity contribution in [3.63, 3.8) is 0 Å². The van der Waals surface area contributed by atoms with E-state index in [4.69, 9.17) is 9.47 Å². The summed E-state index contributed by atoms with van der Waals surface area (Å²) >= 11 is 0. The van der Waals surface area contributed by atoms with Crippen molar-refractivity contribution in [2.45, 2.75) is 71.0 Å². The highest BCUT2D eigenvalue weighted by Gasteiger charge is 2.10. The van der Waals surface area contributed by atoms with Gasteiger partial charge in [-0.05, 0) is 18.9 Å². The van der Waals surface area contributed by atoms with E-state index in [9.17, 15) is 0 Å². The number of rotatable bonds is 10. The van der Waals surface area contributed by atoms with Crippen molar-refractivity contribution in [3.05, 3.63) is 12.2 Å². The molecule has 0 atom stereocenters. The number of hydrogen-bond donors (Lipinski definition) is 0. The quantitative estimate of drug-likeness (QED) is 0.415. The van der Waals surface area contributed by atoms with Gasteiger partial charge in [0.05, 0.1) is 13.2 Å². The molecule has 0 amide bonds. The molecule has 1 saturated heterocycles. The van der Waals surface area contributed by atoms with Crippen LogP contribution in [-0.4, -0.2) is 19.5 Å². The van der Waals surface area contributed by atoms with Crippen molar-refractivity contribution in [2.75, 3.05) is 13.2 Å². The average Bonchev–Trinajstić information content (AvgIpc) is 2.85. The van der Waals surface area contributed by atoms with E-state index in [0.717, 1.165) is 19.6 Å². The van der Waals surface area contributed by atoms with Gasteiger partial charge in [0.1, 0.15) is 0 Å². The highest BCUT2D eigenvalue weighted by Crippen LogP contribution is 2.10. The van der Waals surface area contributed by atoms with E-state index < -0.39 is 0 Å². The van der Waals surface area contributed by atoms with Crippen molar-refractivity contribution in [3.8, 4) is 0 Å². The molecule has 1 fully saturated rings. The molecule has 0 aliphatic carbocycles. The zero-order chi connectivity index (χ0) is 12.2. The van der Waals surface area contributed by atoms with Crippen LogP contribution < -0.4 is 0 Å². The molecule has 0 aromatic heterocycles.